The second kappa shape index (κ2) is 6.88. The largest absolute Gasteiger partial charge is 0.361 e. The summed E-state index contributed by atoms with van der Waals surface area (Å²) in [6, 6.07) is 0. The lowest BCUT2D eigenvalue weighted by Gasteiger charge is -2.28. The second-order valence-electron chi connectivity index (χ2n) is 6.48. The first-order valence-electron chi connectivity index (χ1n) is 7.04. The highest BCUT2D eigenvalue weighted by Gasteiger charge is 2.20. The molecule has 0 unspecified atom stereocenters. The molecule has 0 atom stereocenters. The summed E-state index contributed by atoms with van der Waals surface area (Å²) < 4.78 is 5.10. The molecule has 0 saturated heterocycles. The summed E-state index contributed by atoms with van der Waals surface area (Å²) in [5.74, 6) is 0.889. The van der Waals surface area contributed by atoms with Crippen LogP contribution in [0.3, 0.4) is 0 Å². The highest BCUT2D eigenvalue weighted by atomic mass is 16.5. The Balaban J connectivity index is 2.38. The third kappa shape index (κ3) is 5.33. The number of nitrogens with zero attached hydrogens (tertiary/aromatic N) is 2. The molecule has 0 radical (unpaired) electrons. The van der Waals surface area contributed by atoms with E-state index in [0.29, 0.717) is 19.4 Å². The first-order chi connectivity index (χ1) is 9.21. The van der Waals surface area contributed by atoms with E-state index in [2.05, 4.69) is 29.2 Å². The SMILES string of the molecule is Cc1noc(C)c1CCC(=O)NCC(C)(C)CN(C)C. The Kier molecular flexibility index (Phi) is 5.74. The molecule has 1 aromatic heterocycles. The number of nitrogens with one attached hydrogen (secondary N) is 1. The summed E-state index contributed by atoms with van der Waals surface area (Å²) in [6.45, 7) is 9.73. The lowest BCUT2D eigenvalue weighted by Crippen LogP contribution is -2.40. The summed E-state index contributed by atoms with van der Waals surface area (Å²) >= 11 is 0. The molecular weight excluding hydrogens is 254 g/mol. The fourth-order valence-electron chi connectivity index (χ4n) is 2.44. The van der Waals surface area contributed by atoms with Gasteiger partial charge in [-0.3, -0.25) is 4.79 Å². The van der Waals surface area contributed by atoms with Gasteiger partial charge >= 0.3 is 0 Å². The first-order valence-corrected chi connectivity index (χ1v) is 7.04. The minimum absolute atomic E-state index is 0.0716. The van der Waals surface area contributed by atoms with Crippen molar-refractivity contribution in [3.63, 3.8) is 0 Å². The van der Waals surface area contributed by atoms with Crippen LogP contribution in [0.15, 0.2) is 4.52 Å². The first kappa shape index (κ1) is 16.7. The zero-order valence-electron chi connectivity index (χ0n) is 13.5. The Bertz CT molecular complexity index is 430. The Labute approximate surface area is 121 Å². The van der Waals surface area contributed by atoms with E-state index < -0.39 is 0 Å². The Morgan fingerprint density at radius 3 is 2.50 bits per heavy atom. The van der Waals surface area contributed by atoms with Crippen LogP contribution in [0.25, 0.3) is 0 Å². The fourth-order valence-corrected chi connectivity index (χ4v) is 2.44. The van der Waals surface area contributed by atoms with Gasteiger partial charge in [-0.25, -0.2) is 0 Å². The lowest BCUT2D eigenvalue weighted by atomic mass is 9.93. The topological polar surface area (TPSA) is 58.4 Å². The molecule has 20 heavy (non-hydrogen) atoms. The molecule has 0 aliphatic carbocycles. The average molecular weight is 281 g/mol. The van der Waals surface area contributed by atoms with Gasteiger partial charge in [0.1, 0.15) is 5.76 Å². The van der Waals surface area contributed by atoms with Crippen LogP contribution in [0.5, 0.6) is 0 Å². The predicted molar refractivity (Wildman–Crippen MR) is 79.6 cm³/mol. The van der Waals surface area contributed by atoms with Crippen molar-refractivity contribution in [1.82, 2.24) is 15.4 Å². The predicted octanol–water partition coefficient (Wildman–Crippen LogP) is 1.93. The molecule has 0 saturated carbocycles. The molecule has 0 aromatic carbocycles. The Morgan fingerprint density at radius 2 is 2.00 bits per heavy atom. The van der Waals surface area contributed by atoms with Gasteiger partial charge in [0.2, 0.25) is 5.91 Å². The highest BCUT2D eigenvalue weighted by molar-refractivity contribution is 5.76. The molecule has 114 valence electrons. The quantitative estimate of drug-likeness (QED) is 0.829. The van der Waals surface area contributed by atoms with Crippen LogP contribution < -0.4 is 5.32 Å². The fraction of sp³-hybridized carbons (Fsp3) is 0.733. The number of carbonyl (C=O) groups excluding carboxylic acids is 1. The van der Waals surface area contributed by atoms with Gasteiger partial charge < -0.3 is 14.7 Å². The van der Waals surface area contributed by atoms with E-state index >= 15 is 0 Å². The number of carbonyl (C=O) groups is 1. The van der Waals surface area contributed by atoms with Crippen LogP contribution in [0, 0.1) is 19.3 Å². The van der Waals surface area contributed by atoms with E-state index in [9.17, 15) is 4.79 Å². The summed E-state index contributed by atoms with van der Waals surface area (Å²) in [6.07, 6.45) is 1.15. The summed E-state index contributed by atoms with van der Waals surface area (Å²) in [4.78, 5) is 14.1. The maximum atomic E-state index is 11.9. The molecule has 0 aliphatic heterocycles. The van der Waals surface area contributed by atoms with Gasteiger partial charge in [0.05, 0.1) is 5.69 Å². The van der Waals surface area contributed by atoms with Gasteiger partial charge in [-0.05, 0) is 39.8 Å². The van der Waals surface area contributed by atoms with Gasteiger partial charge in [0.25, 0.3) is 0 Å². The average Bonchev–Trinajstić information content (AvgIpc) is 2.62. The number of aryl methyl sites for hydroxylation is 2. The number of hydrogen-bond donors (Lipinski definition) is 1. The second-order valence-corrected chi connectivity index (χ2v) is 6.48. The number of amides is 1. The van der Waals surface area contributed by atoms with Crippen molar-refractivity contribution in [3.8, 4) is 0 Å². The van der Waals surface area contributed by atoms with Crippen molar-refractivity contribution >= 4 is 5.91 Å². The standard InChI is InChI=1S/C15H27N3O2/c1-11-13(12(2)20-17-11)7-8-14(19)16-9-15(3,4)10-18(5)6/h7-10H2,1-6H3,(H,16,19). The van der Waals surface area contributed by atoms with Crippen LogP contribution >= 0.6 is 0 Å². The number of rotatable bonds is 7. The van der Waals surface area contributed by atoms with Crippen LogP contribution in [-0.2, 0) is 11.2 Å². The minimum Gasteiger partial charge on any atom is -0.361 e. The lowest BCUT2D eigenvalue weighted by molar-refractivity contribution is -0.121. The van der Waals surface area contributed by atoms with Gasteiger partial charge in [-0.15, -0.1) is 0 Å². The molecule has 0 fully saturated rings. The third-order valence-electron chi connectivity index (χ3n) is 3.29. The van der Waals surface area contributed by atoms with Crippen molar-refractivity contribution < 1.29 is 9.32 Å². The zero-order valence-corrected chi connectivity index (χ0v) is 13.5. The Morgan fingerprint density at radius 1 is 1.35 bits per heavy atom. The molecule has 1 amide bonds. The van der Waals surface area contributed by atoms with Gasteiger partial charge in [-0.1, -0.05) is 19.0 Å². The smallest absolute Gasteiger partial charge is 0.220 e. The van der Waals surface area contributed by atoms with E-state index in [-0.39, 0.29) is 11.3 Å². The third-order valence-corrected chi connectivity index (χ3v) is 3.29. The zero-order chi connectivity index (χ0) is 15.3. The van der Waals surface area contributed by atoms with Crippen LogP contribution in [0.4, 0.5) is 0 Å². The summed E-state index contributed by atoms with van der Waals surface area (Å²) in [7, 11) is 4.09. The molecule has 0 bridgehead atoms. The molecule has 5 nitrogen and oxygen atoms in total. The summed E-state index contributed by atoms with van der Waals surface area (Å²) in [5.41, 5.74) is 2.00. The Hall–Kier alpha value is -1.36. The van der Waals surface area contributed by atoms with Gasteiger partial charge in [0, 0.05) is 25.1 Å². The molecule has 1 aromatic rings. The normalized spacial score (nSPS) is 11.9. The number of aromatic nitrogens is 1. The van der Waals surface area contributed by atoms with Crippen molar-refractivity contribution in [2.45, 2.75) is 40.5 Å². The summed E-state index contributed by atoms with van der Waals surface area (Å²) in [5, 5.41) is 6.91. The van der Waals surface area contributed by atoms with E-state index in [0.717, 1.165) is 23.6 Å². The van der Waals surface area contributed by atoms with Crippen molar-refractivity contribution in [1.29, 1.82) is 0 Å². The molecule has 1 rings (SSSR count). The van der Waals surface area contributed by atoms with Gasteiger partial charge in [-0.2, -0.15) is 0 Å². The van der Waals surface area contributed by atoms with Crippen LogP contribution in [-0.4, -0.2) is 43.1 Å². The van der Waals surface area contributed by atoms with Crippen molar-refractivity contribution in [2.24, 2.45) is 5.41 Å². The van der Waals surface area contributed by atoms with Crippen molar-refractivity contribution in [2.75, 3.05) is 27.2 Å². The molecule has 1 N–H and O–H groups in total. The molecule has 0 aliphatic rings. The molecule has 0 spiro atoms. The maximum absolute atomic E-state index is 11.9. The minimum atomic E-state index is 0.0716. The molecular formula is C15H27N3O2. The van der Waals surface area contributed by atoms with Crippen LogP contribution in [0.2, 0.25) is 0 Å². The van der Waals surface area contributed by atoms with Gasteiger partial charge in [0.15, 0.2) is 0 Å². The van der Waals surface area contributed by atoms with Crippen LogP contribution in [0.1, 0.15) is 37.3 Å². The van der Waals surface area contributed by atoms with E-state index in [1.54, 1.807) is 0 Å². The van der Waals surface area contributed by atoms with Crippen molar-refractivity contribution in [3.05, 3.63) is 17.0 Å². The van der Waals surface area contributed by atoms with E-state index in [4.69, 9.17) is 4.52 Å². The monoisotopic (exact) mass is 281 g/mol. The molecule has 5 heteroatoms. The number of hydrogen-bond acceptors (Lipinski definition) is 4. The van der Waals surface area contributed by atoms with E-state index in [1.807, 2.05) is 27.9 Å². The highest BCUT2D eigenvalue weighted by Crippen LogP contribution is 2.16. The maximum Gasteiger partial charge on any atom is 0.220 e. The van der Waals surface area contributed by atoms with E-state index in [1.165, 1.54) is 0 Å². The molecule has 1 heterocycles.